The van der Waals surface area contributed by atoms with E-state index >= 15 is 0 Å². The Bertz CT molecular complexity index is 757. The van der Waals surface area contributed by atoms with E-state index in [-0.39, 0.29) is 17.7 Å². The average Bonchev–Trinajstić information content (AvgIpc) is 2.85. The number of aryl methyl sites for hydroxylation is 2. The van der Waals surface area contributed by atoms with Crippen LogP contribution in [0.2, 0.25) is 0 Å². The fourth-order valence-electron chi connectivity index (χ4n) is 3.25. The largest absolute Gasteiger partial charge is 0.369 e. The van der Waals surface area contributed by atoms with Gasteiger partial charge < -0.3 is 15.0 Å². The number of carbonyl (C=O) groups is 2. The SMILES string of the molecule is Cc1nc2c(C)cccn2c1CC(=O)N1CCC(C(N)=O)CC1. The van der Waals surface area contributed by atoms with Gasteiger partial charge in [-0.3, -0.25) is 9.59 Å². The van der Waals surface area contributed by atoms with Crippen LogP contribution in [0.3, 0.4) is 0 Å². The molecule has 0 saturated carbocycles. The number of fused-ring (bicyclic) bond motifs is 1. The first-order valence-electron chi connectivity index (χ1n) is 7.97. The highest BCUT2D eigenvalue weighted by molar-refractivity contribution is 5.80. The molecule has 0 bridgehead atoms. The first-order valence-corrected chi connectivity index (χ1v) is 7.97. The number of piperidine rings is 1. The molecule has 2 N–H and O–H groups in total. The Labute approximate surface area is 135 Å². The number of hydrogen-bond donors (Lipinski definition) is 1. The van der Waals surface area contributed by atoms with Gasteiger partial charge in [-0.1, -0.05) is 6.07 Å². The van der Waals surface area contributed by atoms with Crippen LogP contribution in [0, 0.1) is 19.8 Å². The minimum absolute atomic E-state index is 0.0827. The molecule has 6 heteroatoms. The van der Waals surface area contributed by atoms with Crippen LogP contribution in [-0.2, 0) is 16.0 Å². The smallest absolute Gasteiger partial charge is 0.228 e. The van der Waals surface area contributed by atoms with Crippen LogP contribution in [0.1, 0.15) is 29.8 Å². The van der Waals surface area contributed by atoms with Crippen molar-refractivity contribution >= 4 is 17.5 Å². The summed E-state index contributed by atoms with van der Waals surface area (Å²) in [4.78, 5) is 30.2. The Morgan fingerprint density at radius 3 is 2.65 bits per heavy atom. The molecule has 3 heterocycles. The Hall–Kier alpha value is -2.37. The van der Waals surface area contributed by atoms with Crippen molar-refractivity contribution in [2.75, 3.05) is 13.1 Å². The van der Waals surface area contributed by atoms with E-state index < -0.39 is 0 Å². The summed E-state index contributed by atoms with van der Waals surface area (Å²) < 4.78 is 2.00. The number of nitrogens with zero attached hydrogens (tertiary/aromatic N) is 3. The molecule has 2 amide bonds. The lowest BCUT2D eigenvalue weighted by atomic mass is 9.96. The molecule has 0 radical (unpaired) electrons. The van der Waals surface area contributed by atoms with Gasteiger partial charge in [-0.05, 0) is 38.3 Å². The normalized spacial score (nSPS) is 16.0. The third-order valence-corrected chi connectivity index (χ3v) is 4.71. The van der Waals surface area contributed by atoms with Crippen molar-refractivity contribution < 1.29 is 9.59 Å². The molecule has 3 rings (SSSR count). The van der Waals surface area contributed by atoms with Crippen molar-refractivity contribution in [1.29, 1.82) is 0 Å². The van der Waals surface area contributed by atoms with Crippen LogP contribution in [0.4, 0.5) is 0 Å². The van der Waals surface area contributed by atoms with Crippen molar-refractivity contribution in [3.8, 4) is 0 Å². The van der Waals surface area contributed by atoms with Gasteiger partial charge >= 0.3 is 0 Å². The first kappa shape index (κ1) is 15.5. The number of aromatic nitrogens is 2. The lowest BCUT2D eigenvalue weighted by Gasteiger charge is -2.30. The zero-order chi connectivity index (χ0) is 16.6. The second-order valence-corrected chi connectivity index (χ2v) is 6.26. The number of imidazole rings is 1. The highest BCUT2D eigenvalue weighted by Gasteiger charge is 2.26. The Morgan fingerprint density at radius 2 is 2.00 bits per heavy atom. The predicted molar refractivity (Wildman–Crippen MR) is 86.9 cm³/mol. The Kier molecular flexibility index (Phi) is 4.07. The molecule has 1 aliphatic heterocycles. The van der Waals surface area contributed by atoms with E-state index in [9.17, 15) is 9.59 Å². The quantitative estimate of drug-likeness (QED) is 0.925. The summed E-state index contributed by atoms with van der Waals surface area (Å²) in [6, 6.07) is 3.98. The van der Waals surface area contributed by atoms with E-state index in [0.717, 1.165) is 22.6 Å². The maximum absolute atomic E-state index is 12.6. The second-order valence-electron chi connectivity index (χ2n) is 6.26. The zero-order valence-electron chi connectivity index (χ0n) is 13.6. The maximum atomic E-state index is 12.6. The van der Waals surface area contributed by atoms with Crippen LogP contribution >= 0.6 is 0 Å². The van der Waals surface area contributed by atoms with Gasteiger partial charge in [0.05, 0.1) is 17.8 Å². The standard InChI is InChI=1S/C17H22N4O2/c1-11-4-3-7-21-14(12(2)19-17(11)21)10-15(22)20-8-5-13(6-9-20)16(18)23/h3-4,7,13H,5-6,8-10H2,1-2H3,(H2,18,23). The van der Waals surface area contributed by atoms with E-state index in [1.807, 2.05) is 41.5 Å². The highest BCUT2D eigenvalue weighted by atomic mass is 16.2. The molecule has 2 aromatic heterocycles. The molecule has 1 fully saturated rings. The molecule has 0 aliphatic carbocycles. The third-order valence-electron chi connectivity index (χ3n) is 4.71. The lowest BCUT2D eigenvalue weighted by Crippen LogP contribution is -2.42. The van der Waals surface area contributed by atoms with Crippen LogP contribution in [-0.4, -0.2) is 39.2 Å². The molecule has 0 atom stereocenters. The van der Waals surface area contributed by atoms with Crippen molar-refractivity contribution in [3.05, 3.63) is 35.3 Å². The summed E-state index contributed by atoms with van der Waals surface area (Å²) in [6.07, 6.45) is 3.60. The fraction of sp³-hybridized carbons (Fsp3) is 0.471. The number of rotatable bonds is 3. The maximum Gasteiger partial charge on any atom is 0.228 e. The highest BCUT2D eigenvalue weighted by Crippen LogP contribution is 2.20. The predicted octanol–water partition coefficient (Wildman–Crippen LogP) is 1.22. The summed E-state index contributed by atoms with van der Waals surface area (Å²) >= 11 is 0. The van der Waals surface area contributed by atoms with Crippen LogP contribution in [0.5, 0.6) is 0 Å². The topological polar surface area (TPSA) is 80.7 Å². The molecular weight excluding hydrogens is 292 g/mol. The number of amides is 2. The number of nitrogens with two attached hydrogens (primary N) is 1. The summed E-state index contributed by atoms with van der Waals surface area (Å²) in [5.41, 5.74) is 9.16. The lowest BCUT2D eigenvalue weighted by molar-refractivity contribution is -0.134. The van der Waals surface area contributed by atoms with Gasteiger partial charge in [0.15, 0.2) is 0 Å². The van der Waals surface area contributed by atoms with Crippen molar-refractivity contribution in [2.24, 2.45) is 11.7 Å². The van der Waals surface area contributed by atoms with E-state index in [1.54, 1.807) is 0 Å². The van der Waals surface area contributed by atoms with Gasteiger partial charge in [0.1, 0.15) is 5.65 Å². The number of primary amides is 1. The zero-order valence-corrected chi connectivity index (χ0v) is 13.6. The molecule has 122 valence electrons. The van der Waals surface area contributed by atoms with E-state index in [4.69, 9.17) is 5.73 Å². The van der Waals surface area contributed by atoms with Crippen molar-refractivity contribution in [3.63, 3.8) is 0 Å². The van der Waals surface area contributed by atoms with Crippen LogP contribution < -0.4 is 5.73 Å². The number of pyridine rings is 1. The third kappa shape index (κ3) is 2.93. The number of likely N-dealkylation sites (tertiary alicyclic amines) is 1. The molecule has 1 aliphatic rings. The number of carbonyl (C=O) groups excluding carboxylic acids is 2. The minimum Gasteiger partial charge on any atom is -0.369 e. The minimum atomic E-state index is -0.259. The number of hydrogen-bond acceptors (Lipinski definition) is 3. The van der Waals surface area contributed by atoms with Crippen molar-refractivity contribution in [2.45, 2.75) is 33.1 Å². The first-order chi connectivity index (χ1) is 11.0. The van der Waals surface area contributed by atoms with Gasteiger partial charge in [-0.15, -0.1) is 0 Å². The van der Waals surface area contributed by atoms with Gasteiger partial charge in [0, 0.05) is 25.2 Å². The molecular formula is C17H22N4O2. The average molecular weight is 314 g/mol. The second kappa shape index (κ2) is 6.02. The molecule has 1 saturated heterocycles. The van der Waals surface area contributed by atoms with Gasteiger partial charge in [-0.2, -0.15) is 0 Å². The molecule has 0 unspecified atom stereocenters. The van der Waals surface area contributed by atoms with Gasteiger partial charge in [0.2, 0.25) is 11.8 Å². The summed E-state index contributed by atoms with van der Waals surface area (Å²) in [5, 5.41) is 0. The summed E-state index contributed by atoms with van der Waals surface area (Å²) in [7, 11) is 0. The summed E-state index contributed by atoms with van der Waals surface area (Å²) in [5.74, 6) is -0.274. The van der Waals surface area contributed by atoms with Gasteiger partial charge in [-0.25, -0.2) is 4.98 Å². The molecule has 6 nitrogen and oxygen atoms in total. The van der Waals surface area contributed by atoms with Crippen LogP contribution in [0.15, 0.2) is 18.3 Å². The molecule has 0 aromatic carbocycles. The van der Waals surface area contributed by atoms with Crippen molar-refractivity contribution in [1.82, 2.24) is 14.3 Å². The fourth-order valence-corrected chi connectivity index (χ4v) is 3.25. The Morgan fingerprint density at radius 1 is 1.30 bits per heavy atom. The van der Waals surface area contributed by atoms with E-state index in [2.05, 4.69) is 4.98 Å². The molecule has 23 heavy (non-hydrogen) atoms. The van der Waals surface area contributed by atoms with Crippen LogP contribution in [0.25, 0.3) is 5.65 Å². The van der Waals surface area contributed by atoms with Gasteiger partial charge in [0.25, 0.3) is 0 Å². The Balaban J connectivity index is 1.75. The van der Waals surface area contributed by atoms with E-state index in [0.29, 0.717) is 32.4 Å². The summed E-state index contributed by atoms with van der Waals surface area (Å²) in [6.45, 7) is 5.15. The monoisotopic (exact) mass is 314 g/mol. The molecule has 2 aromatic rings. The molecule has 0 spiro atoms. The van der Waals surface area contributed by atoms with E-state index in [1.165, 1.54) is 0 Å².